The molecule has 0 aliphatic carbocycles. The van der Waals surface area contributed by atoms with Crippen LogP contribution in [-0.2, 0) is 23.8 Å². The average Bonchev–Trinajstić information content (AvgIpc) is 4.09. The molecule has 0 bridgehead atoms. The summed E-state index contributed by atoms with van der Waals surface area (Å²) in [4.78, 5) is 85.6. The van der Waals surface area contributed by atoms with Crippen molar-refractivity contribution in [2.45, 2.75) is 91.1 Å². The minimum atomic E-state index is -0.902. The second kappa shape index (κ2) is 19.5. The number of benzene rings is 2. The van der Waals surface area contributed by atoms with E-state index >= 15 is 0 Å². The number of carbonyl (C=O) groups is 5. The first-order valence-corrected chi connectivity index (χ1v) is 21.1. The van der Waals surface area contributed by atoms with Crippen LogP contribution in [0.2, 0.25) is 0 Å². The van der Waals surface area contributed by atoms with Crippen LogP contribution in [0.4, 0.5) is 14.4 Å². The SMILES string of the molecule is COC(=O)NC(C(=O)N1CCC[C@H]1c1ncc(-c2ccc(C#Cc3ccc(-c4cnc([C@@H]5CN(C(=O)OC(C)(C)C)CN5C(=O)[C@@H](NC(=O)OC)C(C)C)[nH]4)cc3)cc2)[nH]1)C(C)C. The Kier molecular flexibility index (Phi) is 14.1. The standard InChI is InChI=1S/C46H57N9O8/c1-27(2)37(51-43(58)61-8)41(56)54-22-10-11-35(54)39-47-23-33(49-39)31-18-14-29(15-19-31)12-13-30-16-20-32(21-17-30)34-24-48-40(50-34)36-25-53(45(60)63-46(5,6)7)26-55(36)42(57)38(28(3)4)52-44(59)62-9/h14-21,23-24,27-28,35-38H,10-11,22,25-26H2,1-9H3,(H,47,49)(H,48,50)(H,51,58)(H,52,59)/t35-,36-,37?,38-/m0/s1. The van der Waals surface area contributed by atoms with E-state index in [0.717, 1.165) is 40.8 Å². The van der Waals surface area contributed by atoms with Crippen LogP contribution >= 0.6 is 0 Å². The number of carbonyl (C=O) groups excluding carboxylic acids is 5. The molecule has 2 aliphatic rings. The van der Waals surface area contributed by atoms with Crippen molar-refractivity contribution in [2.24, 2.45) is 11.8 Å². The van der Waals surface area contributed by atoms with Gasteiger partial charge in [0.2, 0.25) is 11.8 Å². The first-order valence-electron chi connectivity index (χ1n) is 21.1. The molecule has 2 aromatic carbocycles. The summed E-state index contributed by atoms with van der Waals surface area (Å²) in [5, 5.41) is 5.32. The molecule has 334 valence electrons. The summed E-state index contributed by atoms with van der Waals surface area (Å²) >= 11 is 0. The predicted octanol–water partition coefficient (Wildman–Crippen LogP) is 6.37. The van der Waals surface area contributed by atoms with E-state index in [1.807, 2.05) is 76.2 Å². The number of H-pyrrole nitrogens is 2. The van der Waals surface area contributed by atoms with Gasteiger partial charge in [-0.15, -0.1) is 0 Å². The molecule has 4 atom stereocenters. The molecule has 0 radical (unpaired) electrons. The van der Waals surface area contributed by atoms with Gasteiger partial charge >= 0.3 is 18.3 Å². The summed E-state index contributed by atoms with van der Waals surface area (Å²) in [5.41, 5.74) is 4.18. The van der Waals surface area contributed by atoms with Crippen LogP contribution < -0.4 is 10.6 Å². The van der Waals surface area contributed by atoms with E-state index in [-0.39, 0.29) is 42.9 Å². The van der Waals surface area contributed by atoms with Crippen molar-refractivity contribution in [1.82, 2.24) is 45.3 Å². The van der Waals surface area contributed by atoms with Gasteiger partial charge in [0, 0.05) is 17.7 Å². The maximum absolute atomic E-state index is 14.0. The third-order valence-electron chi connectivity index (χ3n) is 10.9. The van der Waals surface area contributed by atoms with E-state index in [0.29, 0.717) is 23.9 Å². The molecule has 63 heavy (non-hydrogen) atoms. The average molecular weight is 864 g/mol. The van der Waals surface area contributed by atoms with Gasteiger partial charge in [-0.3, -0.25) is 14.5 Å². The van der Waals surface area contributed by atoms with Gasteiger partial charge in [0.25, 0.3) is 0 Å². The third kappa shape index (κ3) is 11.0. The van der Waals surface area contributed by atoms with Crippen molar-refractivity contribution in [3.63, 3.8) is 0 Å². The Morgan fingerprint density at radius 3 is 1.62 bits per heavy atom. The zero-order chi connectivity index (χ0) is 45.6. The fourth-order valence-corrected chi connectivity index (χ4v) is 7.55. The topological polar surface area (TPSA) is 204 Å². The summed E-state index contributed by atoms with van der Waals surface area (Å²) in [5.74, 6) is 6.69. The molecule has 6 rings (SSSR count). The van der Waals surface area contributed by atoms with Gasteiger partial charge in [0.15, 0.2) is 0 Å². The van der Waals surface area contributed by atoms with Crippen molar-refractivity contribution >= 4 is 30.1 Å². The van der Waals surface area contributed by atoms with Gasteiger partial charge < -0.3 is 44.6 Å². The second-order valence-electron chi connectivity index (χ2n) is 17.3. The number of aromatic nitrogens is 4. The molecule has 4 N–H and O–H groups in total. The first-order chi connectivity index (χ1) is 30.0. The molecule has 2 aromatic heterocycles. The lowest BCUT2D eigenvalue weighted by Gasteiger charge is -2.30. The van der Waals surface area contributed by atoms with E-state index in [4.69, 9.17) is 14.2 Å². The lowest BCUT2D eigenvalue weighted by atomic mass is 10.0. The van der Waals surface area contributed by atoms with Crippen LogP contribution in [0.5, 0.6) is 0 Å². The highest BCUT2D eigenvalue weighted by Crippen LogP contribution is 2.34. The highest BCUT2D eigenvalue weighted by molar-refractivity contribution is 5.87. The number of aromatic amines is 2. The molecule has 2 aliphatic heterocycles. The quantitative estimate of drug-likeness (QED) is 0.102. The van der Waals surface area contributed by atoms with Crippen LogP contribution in [0.3, 0.4) is 0 Å². The van der Waals surface area contributed by atoms with Crippen molar-refractivity contribution in [3.05, 3.63) is 83.7 Å². The Morgan fingerprint density at radius 2 is 1.17 bits per heavy atom. The Labute approximate surface area is 367 Å². The van der Waals surface area contributed by atoms with Gasteiger partial charge in [0.1, 0.15) is 35.4 Å². The number of alkyl carbamates (subject to hydrolysis) is 2. The Morgan fingerprint density at radius 1 is 0.714 bits per heavy atom. The molecule has 17 nitrogen and oxygen atoms in total. The highest BCUT2D eigenvalue weighted by Gasteiger charge is 2.43. The molecular formula is C46H57N9O8. The van der Waals surface area contributed by atoms with E-state index in [9.17, 15) is 24.0 Å². The van der Waals surface area contributed by atoms with Crippen molar-refractivity contribution in [2.75, 3.05) is 34.0 Å². The van der Waals surface area contributed by atoms with Crippen molar-refractivity contribution < 1.29 is 38.2 Å². The fraction of sp³-hybridized carbons (Fsp3) is 0.457. The highest BCUT2D eigenvalue weighted by atomic mass is 16.6. The van der Waals surface area contributed by atoms with Crippen LogP contribution in [0.15, 0.2) is 60.9 Å². The molecule has 4 aromatic rings. The summed E-state index contributed by atoms with van der Waals surface area (Å²) in [7, 11) is 2.51. The molecule has 17 heteroatoms. The Balaban J connectivity index is 1.12. The van der Waals surface area contributed by atoms with Crippen LogP contribution in [0, 0.1) is 23.7 Å². The molecule has 2 saturated heterocycles. The van der Waals surface area contributed by atoms with Gasteiger partial charge in [-0.05, 0) is 80.8 Å². The third-order valence-corrected chi connectivity index (χ3v) is 10.9. The van der Waals surface area contributed by atoms with Gasteiger partial charge in [-0.1, -0.05) is 63.8 Å². The molecular weight excluding hydrogens is 807 g/mol. The summed E-state index contributed by atoms with van der Waals surface area (Å²) in [6, 6.07) is 13.0. The number of ether oxygens (including phenoxy) is 3. The summed E-state index contributed by atoms with van der Waals surface area (Å²) < 4.78 is 15.1. The molecule has 4 heterocycles. The number of nitrogens with one attached hydrogen (secondary N) is 4. The molecule has 1 unspecified atom stereocenters. The Hall–Kier alpha value is -6.83. The number of imidazole rings is 2. The van der Waals surface area contributed by atoms with E-state index in [1.54, 1.807) is 38.1 Å². The van der Waals surface area contributed by atoms with Crippen molar-refractivity contribution in [1.29, 1.82) is 0 Å². The predicted molar refractivity (Wildman–Crippen MR) is 233 cm³/mol. The number of methoxy groups -OCH3 is 2. The normalized spacial score (nSPS) is 17.2. The smallest absolute Gasteiger partial charge is 0.411 e. The largest absolute Gasteiger partial charge is 0.453 e. The summed E-state index contributed by atoms with van der Waals surface area (Å²) in [6.07, 6.45) is 3.10. The minimum Gasteiger partial charge on any atom is -0.453 e. The molecule has 5 amide bonds. The zero-order valence-corrected chi connectivity index (χ0v) is 37.3. The maximum Gasteiger partial charge on any atom is 0.411 e. The number of nitrogens with zero attached hydrogens (tertiary/aromatic N) is 5. The van der Waals surface area contributed by atoms with E-state index in [1.165, 1.54) is 24.0 Å². The number of likely N-dealkylation sites (tertiary alicyclic amines) is 1. The second-order valence-corrected chi connectivity index (χ2v) is 17.3. The van der Waals surface area contributed by atoms with Gasteiger partial charge in [-0.2, -0.15) is 0 Å². The zero-order valence-electron chi connectivity index (χ0n) is 37.3. The van der Waals surface area contributed by atoms with E-state index in [2.05, 4.69) is 42.4 Å². The van der Waals surface area contributed by atoms with E-state index < -0.39 is 42.0 Å². The molecule has 2 fully saturated rings. The van der Waals surface area contributed by atoms with Gasteiger partial charge in [0.05, 0.1) is 57.3 Å². The minimum absolute atomic E-state index is 0.0533. The number of rotatable bonds is 10. The number of hydrogen-bond donors (Lipinski definition) is 4. The number of amides is 5. The lowest BCUT2D eigenvalue weighted by Crippen LogP contribution is -2.51. The van der Waals surface area contributed by atoms with Gasteiger partial charge in [-0.25, -0.2) is 24.4 Å². The van der Waals surface area contributed by atoms with Crippen molar-refractivity contribution in [3.8, 4) is 34.4 Å². The molecule has 0 saturated carbocycles. The number of hydrogen-bond acceptors (Lipinski definition) is 10. The van der Waals surface area contributed by atoms with Crippen LogP contribution in [-0.4, -0.2) is 116 Å². The first kappa shape index (κ1) is 45.7. The van der Waals surface area contributed by atoms with Crippen LogP contribution in [0.1, 0.15) is 96.2 Å². The molecule has 0 spiro atoms. The monoisotopic (exact) mass is 863 g/mol. The maximum atomic E-state index is 14.0. The Bertz CT molecular complexity index is 2340. The lowest BCUT2D eigenvalue weighted by molar-refractivity contribution is -0.136. The fourth-order valence-electron chi connectivity index (χ4n) is 7.55. The van der Waals surface area contributed by atoms with Crippen LogP contribution in [0.25, 0.3) is 22.5 Å². The summed E-state index contributed by atoms with van der Waals surface area (Å²) in [6.45, 7) is 13.4.